The fraction of sp³-hybridized carbons (Fsp3) is 0.636. The number of ketones is 2. The van der Waals surface area contributed by atoms with Crippen LogP contribution in [0.5, 0.6) is 0 Å². The van der Waals surface area contributed by atoms with Gasteiger partial charge in [0.1, 0.15) is 11.6 Å². The first-order chi connectivity index (χ1) is 6.52. The molecule has 0 bridgehead atoms. The molecule has 3 heteroatoms. The predicted molar refractivity (Wildman–Crippen MR) is 52.7 cm³/mol. The van der Waals surface area contributed by atoms with E-state index in [-0.39, 0.29) is 17.5 Å². The lowest BCUT2D eigenvalue weighted by Crippen LogP contribution is -2.29. The molecule has 1 aliphatic rings. The molecule has 2 atom stereocenters. The molecule has 0 saturated carbocycles. The molecule has 14 heavy (non-hydrogen) atoms. The Morgan fingerprint density at radius 2 is 1.79 bits per heavy atom. The van der Waals surface area contributed by atoms with Crippen molar-refractivity contribution in [1.29, 1.82) is 0 Å². The summed E-state index contributed by atoms with van der Waals surface area (Å²) in [4.78, 5) is 22.5. The normalized spacial score (nSPS) is 26.6. The first kappa shape index (κ1) is 11.1. The van der Waals surface area contributed by atoms with E-state index >= 15 is 0 Å². The highest BCUT2D eigenvalue weighted by molar-refractivity contribution is 6.00. The van der Waals surface area contributed by atoms with Crippen molar-refractivity contribution in [2.24, 2.45) is 11.8 Å². The Hall–Kier alpha value is -0.960. The molecule has 0 aromatic heterocycles. The third-order valence-corrected chi connectivity index (χ3v) is 2.68. The highest BCUT2D eigenvalue weighted by atomic mass is 16.3. The summed E-state index contributed by atoms with van der Waals surface area (Å²) in [5.41, 5.74) is 0. The Balaban J connectivity index is 2.75. The van der Waals surface area contributed by atoms with Gasteiger partial charge >= 0.3 is 0 Å². The number of hydrogen-bond acceptors (Lipinski definition) is 3. The van der Waals surface area contributed by atoms with E-state index in [2.05, 4.69) is 0 Å². The first-order valence-corrected chi connectivity index (χ1v) is 4.89. The maximum absolute atomic E-state index is 11.2. The monoisotopic (exact) mass is 196 g/mol. The van der Waals surface area contributed by atoms with E-state index in [1.165, 1.54) is 13.8 Å². The van der Waals surface area contributed by atoms with Crippen LogP contribution in [-0.4, -0.2) is 22.8 Å². The summed E-state index contributed by atoms with van der Waals surface area (Å²) < 4.78 is 0. The third-order valence-electron chi connectivity index (χ3n) is 2.68. The minimum absolute atomic E-state index is 0.0200. The van der Waals surface area contributed by atoms with E-state index in [4.69, 9.17) is 0 Å². The van der Waals surface area contributed by atoms with Crippen LogP contribution in [-0.2, 0) is 9.59 Å². The molecule has 2 unspecified atom stereocenters. The number of rotatable bonds is 3. The Bertz CT molecular complexity index is 254. The summed E-state index contributed by atoms with van der Waals surface area (Å²) in [6, 6.07) is 0. The molecule has 3 nitrogen and oxygen atoms in total. The highest BCUT2D eigenvalue weighted by Crippen LogP contribution is 2.26. The van der Waals surface area contributed by atoms with Crippen LogP contribution < -0.4 is 0 Å². The van der Waals surface area contributed by atoms with Crippen molar-refractivity contribution in [3.63, 3.8) is 0 Å². The second-order valence-electron chi connectivity index (χ2n) is 3.89. The third kappa shape index (κ3) is 2.51. The topological polar surface area (TPSA) is 54.4 Å². The maximum atomic E-state index is 11.2. The molecule has 0 aliphatic heterocycles. The van der Waals surface area contributed by atoms with E-state index < -0.39 is 12.0 Å². The SMILES string of the molecule is CC(=O)C(C(C)=O)C1C=CC(O)CC1. The van der Waals surface area contributed by atoms with Crippen LogP contribution in [0.3, 0.4) is 0 Å². The minimum Gasteiger partial charge on any atom is -0.389 e. The highest BCUT2D eigenvalue weighted by Gasteiger charge is 2.29. The number of carbonyl (C=O) groups is 2. The molecule has 0 radical (unpaired) electrons. The standard InChI is InChI=1S/C11H16O3/c1-7(12)11(8(2)13)9-3-5-10(14)6-4-9/h3,5,9-11,14H,4,6H2,1-2H3. The summed E-state index contributed by atoms with van der Waals surface area (Å²) in [5, 5.41) is 9.23. The number of aliphatic hydroxyl groups is 1. The Morgan fingerprint density at radius 1 is 1.21 bits per heavy atom. The van der Waals surface area contributed by atoms with Gasteiger partial charge in [-0.15, -0.1) is 0 Å². The molecule has 0 heterocycles. The van der Waals surface area contributed by atoms with Gasteiger partial charge in [-0.25, -0.2) is 0 Å². The Labute approximate surface area is 83.8 Å². The van der Waals surface area contributed by atoms with Gasteiger partial charge in [-0.3, -0.25) is 9.59 Å². The lowest BCUT2D eigenvalue weighted by Gasteiger charge is -2.24. The van der Waals surface area contributed by atoms with Gasteiger partial charge in [0, 0.05) is 0 Å². The average molecular weight is 196 g/mol. The molecular weight excluding hydrogens is 180 g/mol. The average Bonchev–Trinajstić information content (AvgIpc) is 2.07. The quantitative estimate of drug-likeness (QED) is 0.543. The van der Waals surface area contributed by atoms with Gasteiger partial charge in [0.15, 0.2) is 0 Å². The summed E-state index contributed by atoms with van der Waals surface area (Å²) in [7, 11) is 0. The maximum Gasteiger partial charge on any atom is 0.140 e. The van der Waals surface area contributed by atoms with Gasteiger partial charge in [0.25, 0.3) is 0 Å². The van der Waals surface area contributed by atoms with Crippen LogP contribution in [0.4, 0.5) is 0 Å². The van der Waals surface area contributed by atoms with Gasteiger partial charge in [-0.1, -0.05) is 12.2 Å². The van der Waals surface area contributed by atoms with Crippen molar-refractivity contribution in [2.45, 2.75) is 32.8 Å². The molecule has 78 valence electrons. The van der Waals surface area contributed by atoms with E-state index in [1.807, 2.05) is 0 Å². The van der Waals surface area contributed by atoms with Crippen molar-refractivity contribution < 1.29 is 14.7 Å². The number of carbonyl (C=O) groups excluding carboxylic acids is 2. The number of aliphatic hydroxyl groups excluding tert-OH is 1. The second-order valence-corrected chi connectivity index (χ2v) is 3.89. The second kappa shape index (κ2) is 4.51. The van der Waals surface area contributed by atoms with Crippen molar-refractivity contribution in [3.05, 3.63) is 12.2 Å². The fourth-order valence-electron chi connectivity index (χ4n) is 1.99. The van der Waals surface area contributed by atoms with Crippen molar-refractivity contribution in [1.82, 2.24) is 0 Å². The van der Waals surface area contributed by atoms with Crippen LogP contribution >= 0.6 is 0 Å². The Kier molecular flexibility index (Phi) is 3.58. The molecule has 0 aromatic rings. The van der Waals surface area contributed by atoms with Crippen molar-refractivity contribution in [2.75, 3.05) is 0 Å². The lowest BCUT2D eigenvalue weighted by molar-refractivity contribution is -0.132. The van der Waals surface area contributed by atoms with Gasteiger partial charge < -0.3 is 5.11 Å². The minimum atomic E-state index is -0.515. The van der Waals surface area contributed by atoms with E-state index in [0.717, 1.165) is 0 Å². The van der Waals surface area contributed by atoms with Gasteiger partial charge in [0.05, 0.1) is 12.0 Å². The van der Waals surface area contributed by atoms with Crippen LogP contribution in [0.15, 0.2) is 12.2 Å². The largest absolute Gasteiger partial charge is 0.389 e. The number of hydrogen-bond donors (Lipinski definition) is 1. The number of allylic oxidation sites excluding steroid dienone is 1. The summed E-state index contributed by atoms with van der Waals surface area (Å²) in [5.74, 6) is -0.695. The summed E-state index contributed by atoms with van der Waals surface area (Å²) in [6.45, 7) is 2.90. The molecule has 0 amide bonds. The zero-order valence-corrected chi connectivity index (χ0v) is 8.56. The Morgan fingerprint density at radius 3 is 2.14 bits per heavy atom. The van der Waals surface area contributed by atoms with Crippen LogP contribution in [0.25, 0.3) is 0 Å². The molecule has 0 spiro atoms. The van der Waals surface area contributed by atoms with Crippen LogP contribution in [0.1, 0.15) is 26.7 Å². The molecule has 0 saturated heterocycles. The first-order valence-electron chi connectivity index (χ1n) is 4.89. The molecule has 0 fully saturated rings. The van der Waals surface area contributed by atoms with Crippen molar-refractivity contribution >= 4 is 11.6 Å². The summed E-state index contributed by atoms with van der Waals surface area (Å²) in [6.07, 6.45) is 4.40. The van der Waals surface area contributed by atoms with E-state index in [9.17, 15) is 14.7 Å². The molecule has 1 rings (SSSR count). The molecule has 1 N–H and O–H groups in total. The summed E-state index contributed by atoms with van der Waals surface area (Å²) >= 11 is 0. The lowest BCUT2D eigenvalue weighted by atomic mass is 9.80. The zero-order valence-electron chi connectivity index (χ0n) is 8.56. The van der Waals surface area contributed by atoms with Crippen LogP contribution in [0, 0.1) is 11.8 Å². The van der Waals surface area contributed by atoms with Gasteiger partial charge in [-0.2, -0.15) is 0 Å². The van der Waals surface area contributed by atoms with Gasteiger partial charge in [0.2, 0.25) is 0 Å². The smallest absolute Gasteiger partial charge is 0.140 e. The predicted octanol–water partition coefficient (Wildman–Crippen LogP) is 1.11. The fourth-order valence-corrected chi connectivity index (χ4v) is 1.99. The molecule has 0 aromatic carbocycles. The number of Topliss-reactive ketones (excluding diaryl/α,β-unsaturated/α-hetero) is 2. The van der Waals surface area contributed by atoms with Gasteiger partial charge in [-0.05, 0) is 32.6 Å². The van der Waals surface area contributed by atoms with Crippen molar-refractivity contribution in [3.8, 4) is 0 Å². The molecular formula is C11H16O3. The zero-order chi connectivity index (χ0) is 10.7. The molecule has 1 aliphatic carbocycles. The van der Waals surface area contributed by atoms with E-state index in [1.54, 1.807) is 12.2 Å². The van der Waals surface area contributed by atoms with E-state index in [0.29, 0.717) is 12.8 Å². The van der Waals surface area contributed by atoms with Crippen LogP contribution in [0.2, 0.25) is 0 Å².